The molecule has 3 rings (SSSR count). The van der Waals surface area contributed by atoms with E-state index in [4.69, 9.17) is 4.74 Å². The number of amides is 2. The van der Waals surface area contributed by atoms with Crippen LogP contribution in [0.5, 0.6) is 5.75 Å². The van der Waals surface area contributed by atoms with Gasteiger partial charge in [0.05, 0.1) is 5.56 Å². The third kappa shape index (κ3) is 4.82. The number of para-hydroxylation sites is 1. The van der Waals surface area contributed by atoms with Crippen molar-refractivity contribution in [1.29, 1.82) is 0 Å². The average molecular weight is 392 g/mol. The molecule has 0 radical (unpaired) electrons. The molecular formula is C20H19F3N2O3. The Morgan fingerprint density at radius 1 is 0.857 bits per heavy atom. The van der Waals surface area contributed by atoms with Crippen molar-refractivity contribution in [2.24, 2.45) is 0 Å². The smallest absolute Gasteiger partial charge is 0.416 e. The van der Waals surface area contributed by atoms with E-state index in [1.165, 1.54) is 17.0 Å². The van der Waals surface area contributed by atoms with Crippen LogP contribution < -0.4 is 4.74 Å². The minimum absolute atomic E-state index is 0.0864. The van der Waals surface area contributed by atoms with Crippen LogP contribution in [0.1, 0.15) is 15.9 Å². The summed E-state index contributed by atoms with van der Waals surface area (Å²) in [6.07, 6.45) is -4.44. The highest BCUT2D eigenvalue weighted by molar-refractivity contribution is 5.94. The van der Waals surface area contributed by atoms with Crippen LogP contribution in [0.15, 0.2) is 54.6 Å². The van der Waals surface area contributed by atoms with Crippen molar-refractivity contribution >= 4 is 11.8 Å². The number of alkyl halides is 3. The lowest BCUT2D eigenvalue weighted by Gasteiger charge is -2.34. The van der Waals surface area contributed by atoms with Gasteiger partial charge in [-0.25, -0.2) is 0 Å². The van der Waals surface area contributed by atoms with E-state index in [0.29, 0.717) is 31.9 Å². The Hall–Kier alpha value is -3.03. The number of benzene rings is 2. The molecule has 1 saturated heterocycles. The van der Waals surface area contributed by atoms with E-state index in [-0.39, 0.29) is 24.0 Å². The summed E-state index contributed by atoms with van der Waals surface area (Å²) >= 11 is 0. The molecule has 0 bridgehead atoms. The van der Waals surface area contributed by atoms with Gasteiger partial charge in [-0.2, -0.15) is 13.2 Å². The van der Waals surface area contributed by atoms with Crippen LogP contribution in [0.25, 0.3) is 0 Å². The number of nitrogens with zero attached hydrogens (tertiary/aromatic N) is 2. The molecule has 5 nitrogen and oxygen atoms in total. The van der Waals surface area contributed by atoms with Gasteiger partial charge in [0, 0.05) is 31.7 Å². The van der Waals surface area contributed by atoms with Crippen molar-refractivity contribution in [2.75, 3.05) is 32.8 Å². The Bertz CT molecular complexity index is 815. The highest BCUT2D eigenvalue weighted by Crippen LogP contribution is 2.29. The highest BCUT2D eigenvalue weighted by Gasteiger charge is 2.31. The minimum Gasteiger partial charge on any atom is -0.484 e. The summed E-state index contributed by atoms with van der Waals surface area (Å²) in [4.78, 5) is 27.8. The fourth-order valence-corrected chi connectivity index (χ4v) is 2.90. The van der Waals surface area contributed by atoms with Gasteiger partial charge in [0.2, 0.25) is 0 Å². The van der Waals surface area contributed by atoms with Crippen LogP contribution in [-0.2, 0) is 11.0 Å². The van der Waals surface area contributed by atoms with Crippen molar-refractivity contribution in [1.82, 2.24) is 9.80 Å². The molecule has 2 aromatic carbocycles. The molecule has 0 saturated carbocycles. The average Bonchev–Trinajstić information content (AvgIpc) is 2.72. The van der Waals surface area contributed by atoms with Crippen molar-refractivity contribution < 1.29 is 27.5 Å². The molecule has 0 aliphatic carbocycles. The number of halogens is 3. The maximum Gasteiger partial charge on any atom is 0.416 e. The first-order valence-electron chi connectivity index (χ1n) is 8.77. The lowest BCUT2D eigenvalue weighted by atomic mass is 10.1. The predicted molar refractivity (Wildman–Crippen MR) is 95.9 cm³/mol. The van der Waals surface area contributed by atoms with Gasteiger partial charge >= 0.3 is 6.18 Å². The standard InChI is InChI=1S/C20H19F3N2O3/c21-20(22,23)16-8-6-15(7-9-16)19(27)25-12-10-24(11-13-25)18(26)14-28-17-4-2-1-3-5-17/h1-9H,10-14H2. The molecular weight excluding hydrogens is 373 g/mol. The van der Waals surface area contributed by atoms with E-state index >= 15 is 0 Å². The van der Waals surface area contributed by atoms with Gasteiger partial charge in [0.25, 0.3) is 11.8 Å². The summed E-state index contributed by atoms with van der Waals surface area (Å²) < 4.78 is 43.3. The van der Waals surface area contributed by atoms with Crippen LogP contribution in [0.3, 0.4) is 0 Å². The van der Waals surface area contributed by atoms with Crippen molar-refractivity contribution in [3.8, 4) is 5.75 Å². The maximum absolute atomic E-state index is 12.6. The summed E-state index contributed by atoms with van der Waals surface area (Å²) in [5.41, 5.74) is -0.599. The lowest BCUT2D eigenvalue weighted by molar-refractivity contribution is -0.137. The van der Waals surface area contributed by atoms with Crippen LogP contribution in [0.2, 0.25) is 0 Å². The fraction of sp³-hybridized carbons (Fsp3) is 0.300. The molecule has 0 aromatic heterocycles. The van der Waals surface area contributed by atoms with Gasteiger partial charge in [0.1, 0.15) is 5.75 Å². The van der Waals surface area contributed by atoms with E-state index in [0.717, 1.165) is 12.1 Å². The summed E-state index contributed by atoms with van der Waals surface area (Å²) in [6.45, 7) is 1.25. The zero-order valence-electron chi connectivity index (χ0n) is 15.0. The summed E-state index contributed by atoms with van der Waals surface area (Å²) in [5.74, 6) is 0.0822. The Kier molecular flexibility index (Phi) is 5.87. The normalized spacial score (nSPS) is 14.7. The van der Waals surface area contributed by atoms with Gasteiger partial charge in [0.15, 0.2) is 6.61 Å². The molecule has 8 heteroatoms. The van der Waals surface area contributed by atoms with Gasteiger partial charge in [-0.3, -0.25) is 9.59 Å². The second kappa shape index (κ2) is 8.33. The molecule has 0 N–H and O–H groups in total. The molecule has 2 aromatic rings. The van der Waals surface area contributed by atoms with E-state index in [1.807, 2.05) is 18.2 Å². The molecule has 1 heterocycles. The SMILES string of the molecule is O=C(COc1ccccc1)N1CCN(C(=O)c2ccc(C(F)(F)F)cc2)CC1. The van der Waals surface area contributed by atoms with Crippen LogP contribution in [-0.4, -0.2) is 54.4 Å². The molecule has 0 unspecified atom stereocenters. The van der Waals surface area contributed by atoms with Gasteiger partial charge < -0.3 is 14.5 Å². The van der Waals surface area contributed by atoms with E-state index in [1.54, 1.807) is 17.0 Å². The van der Waals surface area contributed by atoms with E-state index in [9.17, 15) is 22.8 Å². The molecule has 1 aliphatic heterocycles. The lowest BCUT2D eigenvalue weighted by Crippen LogP contribution is -2.51. The first-order chi connectivity index (χ1) is 13.3. The van der Waals surface area contributed by atoms with E-state index in [2.05, 4.69) is 0 Å². The van der Waals surface area contributed by atoms with Crippen molar-refractivity contribution in [3.63, 3.8) is 0 Å². The number of rotatable bonds is 4. The number of ether oxygens (including phenoxy) is 1. The quantitative estimate of drug-likeness (QED) is 0.804. The molecule has 1 aliphatic rings. The molecule has 148 valence electrons. The molecule has 28 heavy (non-hydrogen) atoms. The zero-order chi connectivity index (χ0) is 20.1. The Balaban J connectivity index is 1.50. The Morgan fingerprint density at radius 3 is 2.00 bits per heavy atom. The van der Waals surface area contributed by atoms with E-state index < -0.39 is 11.7 Å². The number of carbonyl (C=O) groups excluding carboxylic acids is 2. The number of hydrogen-bond acceptors (Lipinski definition) is 3. The van der Waals surface area contributed by atoms with Gasteiger partial charge in [-0.05, 0) is 36.4 Å². The van der Waals surface area contributed by atoms with Gasteiger partial charge in [-0.1, -0.05) is 18.2 Å². The first kappa shape index (κ1) is 19.7. The second-order valence-corrected chi connectivity index (χ2v) is 6.35. The summed E-state index contributed by atoms with van der Waals surface area (Å²) in [7, 11) is 0. The van der Waals surface area contributed by atoms with Crippen molar-refractivity contribution in [3.05, 3.63) is 65.7 Å². The molecule has 0 spiro atoms. The monoisotopic (exact) mass is 392 g/mol. The van der Waals surface area contributed by atoms with Crippen LogP contribution in [0.4, 0.5) is 13.2 Å². The fourth-order valence-electron chi connectivity index (χ4n) is 2.90. The highest BCUT2D eigenvalue weighted by atomic mass is 19.4. The predicted octanol–water partition coefficient (Wildman–Crippen LogP) is 3.07. The topological polar surface area (TPSA) is 49.9 Å². The Morgan fingerprint density at radius 2 is 1.43 bits per heavy atom. The third-order valence-corrected chi connectivity index (χ3v) is 4.48. The first-order valence-corrected chi connectivity index (χ1v) is 8.77. The molecule has 1 fully saturated rings. The third-order valence-electron chi connectivity index (χ3n) is 4.48. The van der Waals surface area contributed by atoms with Gasteiger partial charge in [-0.15, -0.1) is 0 Å². The molecule has 2 amide bonds. The zero-order valence-corrected chi connectivity index (χ0v) is 15.0. The van der Waals surface area contributed by atoms with Crippen molar-refractivity contribution in [2.45, 2.75) is 6.18 Å². The largest absolute Gasteiger partial charge is 0.484 e. The minimum atomic E-state index is -4.44. The second-order valence-electron chi connectivity index (χ2n) is 6.35. The van der Waals surface area contributed by atoms with Crippen LogP contribution in [0, 0.1) is 0 Å². The number of hydrogen-bond donors (Lipinski definition) is 0. The number of carbonyl (C=O) groups is 2. The summed E-state index contributed by atoms with van der Waals surface area (Å²) in [6, 6.07) is 13.1. The Labute approximate surface area is 160 Å². The maximum atomic E-state index is 12.6. The summed E-state index contributed by atoms with van der Waals surface area (Å²) in [5, 5.41) is 0. The van der Waals surface area contributed by atoms with Crippen LogP contribution >= 0.6 is 0 Å². The number of piperazine rings is 1. The molecule has 0 atom stereocenters.